The van der Waals surface area contributed by atoms with Crippen molar-refractivity contribution in [2.45, 2.75) is 7.43 Å². The van der Waals surface area contributed by atoms with Gasteiger partial charge in [0.05, 0.1) is 0 Å². The van der Waals surface area contributed by atoms with E-state index in [1.807, 2.05) is 59.9 Å². The van der Waals surface area contributed by atoms with Crippen molar-refractivity contribution in [2.75, 3.05) is 0 Å². The molecule has 0 saturated carbocycles. The minimum Gasteiger partial charge on any atom is -0.423 e. The molecule has 8 heteroatoms. The number of hydrogen-bond acceptors (Lipinski definition) is 4. The van der Waals surface area contributed by atoms with Gasteiger partial charge in [-0.3, -0.25) is 0 Å². The van der Waals surface area contributed by atoms with E-state index in [9.17, 15) is 10.0 Å². The van der Waals surface area contributed by atoms with Crippen molar-refractivity contribution in [2.24, 2.45) is 0 Å². The molecule has 0 spiro atoms. The Morgan fingerprint density at radius 1 is 0.489 bits per heavy atom. The van der Waals surface area contributed by atoms with E-state index < -0.39 is 7.12 Å². The van der Waals surface area contributed by atoms with Crippen LogP contribution in [-0.2, 0) is 0 Å². The van der Waals surface area contributed by atoms with Gasteiger partial charge in [-0.2, -0.15) is 0 Å². The molecule has 0 aliphatic heterocycles. The molecule has 2 heterocycles. The molecule has 2 N–H and O–H groups in total. The molecule has 0 bridgehead atoms. The first kappa shape index (κ1) is 33.8. The third-order valence-electron chi connectivity index (χ3n) is 7.11. The molecule has 0 fully saturated rings. The van der Waals surface area contributed by atoms with Crippen LogP contribution in [0.4, 0.5) is 0 Å². The quantitative estimate of drug-likeness (QED) is 0.134. The van der Waals surface area contributed by atoms with E-state index in [2.05, 4.69) is 133 Å². The second kappa shape index (κ2) is 15.3. The fourth-order valence-corrected chi connectivity index (χ4v) is 8.69. The van der Waals surface area contributed by atoms with Gasteiger partial charge in [0.25, 0.3) is 0 Å². The van der Waals surface area contributed by atoms with Crippen LogP contribution in [0.2, 0.25) is 0 Å². The molecular formula is C37H28BBr2IO2S2. The van der Waals surface area contributed by atoms with Crippen LogP contribution in [0.25, 0.3) is 51.5 Å². The van der Waals surface area contributed by atoms with E-state index in [4.69, 9.17) is 0 Å². The molecule has 2 aromatic heterocycles. The van der Waals surface area contributed by atoms with Gasteiger partial charge in [-0.05, 0) is 85.3 Å². The lowest BCUT2D eigenvalue weighted by molar-refractivity contribution is 0.426. The smallest absolute Gasteiger partial charge is 0.423 e. The van der Waals surface area contributed by atoms with Gasteiger partial charge in [0.1, 0.15) is 0 Å². The molecule has 224 valence electrons. The summed E-state index contributed by atoms with van der Waals surface area (Å²) in [5.41, 5.74) is 3.14. The van der Waals surface area contributed by atoms with Crippen molar-refractivity contribution in [3.05, 3.63) is 146 Å². The highest BCUT2D eigenvalue weighted by atomic mass is 127. The van der Waals surface area contributed by atoms with Crippen molar-refractivity contribution < 1.29 is 10.0 Å². The Kier molecular flexibility index (Phi) is 11.5. The van der Waals surface area contributed by atoms with E-state index in [0.717, 1.165) is 14.6 Å². The summed E-state index contributed by atoms with van der Waals surface area (Å²) in [6.45, 7) is 0. The molecular weight excluding hydrogens is 838 g/mol. The van der Waals surface area contributed by atoms with Crippen LogP contribution in [0.15, 0.2) is 142 Å². The zero-order valence-electron chi connectivity index (χ0n) is 23.1. The van der Waals surface area contributed by atoms with Crippen LogP contribution >= 0.6 is 77.1 Å². The first-order chi connectivity index (χ1) is 21.4. The summed E-state index contributed by atoms with van der Waals surface area (Å²) in [5, 5.41) is 23.6. The summed E-state index contributed by atoms with van der Waals surface area (Å²) in [7, 11) is -1.41. The molecule has 0 aliphatic rings. The number of halogens is 3. The van der Waals surface area contributed by atoms with Gasteiger partial charge < -0.3 is 10.0 Å². The largest absolute Gasteiger partial charge is 0.489 e. The fourth-order valence-electron chi connectivity index (χ4n) is 5.05. The maximum Gasteiger partial charge on any atom is 0.489 e. The molecule has 0 amide bonds. The van der Waals surface area contributed by atoms with Crippen molar-refractivity contribution >= 4 is 130 Å². The lowest BCUT2D eigenvalue weighted by atomic mass is 9.80. The average Bonchev–Trinajstić information content (AvgIpc) is 3.62. The molecule has 45 heavy (non-hydrogen) atoms. The standard InChI is InChI=1S/C18H11BrS.C12H9BO2S.C6H4BrI.CH4/c19-16-10-3-1-6-12(16)14-8-5-9-15-13-7-2-4-11-17(13)20-18(14)15;14-13(15)10-6-3-5-9-8-4-1-2-7-11(8)16-12(9)10;7-5-3-1-2-4-6(5)8;/h1-11H;1-7,14-15H;1-4H;1H4. The van der Waals surface area contributed by atoms with Gasteiger partial charge in [-0.1, -0.05) is 126 Å². The summed E-state index contributed by atoms with van der Waals surface area (Å²) in [5.74, 6) is 0. The molecule has 8 rings (SSSR count). The highest BCUT2D eigenvalue weighted by Crippen LogP contribution is 2.41. The normalized spacial score (nSPS) is 10.6. The van der Waals surface area contributed by atoms with E-state index in [1.54, 1.807) is 17.4 Å². The Labute approximate surface area is 301 Å². The highest BCUT2D eigenvalue weighted by molar-refractivity contribution is 14.1. The van der Waals surface area contributed by atoms with E-state index in [0.29, 0.717) is 5.46 Å². The van der Waals surface area contributed by atoms with Crippen molar-refractivity contribution in [1.29, 1.82) is 0 Å². The van der Waals surface area contributed by atoms with Gasteiger partial charge in [0.2, 0.25) is 0 Å². The lowest BCUT2D eigenvalue weighted by Gasteiger charge is -2.05. The molecule has 0 radical (unpaired) electrons. The first-order valence-electron chi connectivity index (χ1n) is 13.7. The number of thiophene rings is 2. The van der Waals surface area contributed by atoms with Gasteiger partial charge in [-0.15, -0.1) is 22.7 Å². The molecule has 0 aliphatic carbocycles. The van der Waals surface area contributed by atoms with Crippen LogP contribution in [0.5, 0.6) is 0 Å². The second-order valence-electron chi connectivity index (χ2n) is 9.87. The first-order valence-corrected chi connectivity index (χ1v) is 18.0. The van der Waals surface area contributed by atoms with Crippen molar-refractivity contribution in [3.8, 4) is 11.1 Å². The van der Waals surface area contributed by atoms with Crippen LogP contribution < -0.4 is 5.46 Å². The number of fused-ring (bicyclic) bond motifs is 6. The predicted molar refractivity (Wildman–Crippen MR) is 215 cm³/mol. The monoisotopic (exact) mass is 864 g/mol. The van der Waals surface area contributed by atoms with E-state index >= 15 is 0 Å². The molecule has 0 saturated heterocycles. The van der Waals surface area contributed by atoms with E-state index in [1.165, 1.54) is 49.4 Å². The Balaban J connectivity index is 0.000000143. The SMILES string of the molecule is Brc1ccccc1-c1cccc2c1sc1ccccc12.Brc1ccccc1I.C.OB(O)c1cccc2c1sc1ccccc12. The van der Waals surface area contributed by atoms with Gasteiger partial charge in [0.15, 0.2) is 0 Å². The Bertz CT molecular complexity index is 2210. The third-order valence-corrected chi connectivity index (χ3v) is 12.6. The molecule has 6 aromatic carbocycles. The van der Waals surface area contributed by atoms with Crippen LogP contribution in [-0.4, -0.2) is 17.2 Å². The van der Waals surface area contributed by atoms with Crippen LogP contribution in [0, 0.1) is 3.57 Å². The molecule has 2 nitrogen and oxygen atoms in total. The van der Waals surface area contributed by atoms with Crippen LogP contribution in [0.1, 0.15) is 7.43 Å². The summed E-state index contributed by atoms with van der Waals surface area (Å²) in [6, 6.07) is 45.4. The molecule has 0 atom stereocenters. The summed E-state index contributed by atoms with van der Waals surface area (Å²) in [6.07, 6.45) is 0. The Morgan fingerprint density at radius 2 is 0.956 bits per heavy atom. The van der Waals surface area contributed by atoms with Crippen molar-refractivity contribution in [3.63, 3.8) is 0 Å². The van der Waals surface area contributed by atoms with Crippen molar-refractivity contribution in [1.82, 2.24) is 0 Å². The minimum atomic E-state index is -1.41. The predicted octanol–water partition coefficient (Wildman–Crippen LogP) is 11.9. The molecule has 0 unspecified atom stereocenters. The minimum absolute atomic E-state index is 0. The zero-order chi connectivity index (χ0) is 30.6. The summed E-state index contributed by atoms with van der Waals surface area (Å²) in [4.78, 5) is 0. The summed E-state index contributed by atoms with van der Waals surface area (Å²) >= 11 is 12.8. The zero-order valence-corrected chi connectivity index (χ0v) is 30.1. The van der Waals surface area contributed by atoms with Crippen LogP contribution in [0.3, 0.4) is 0 Å². The van der Waals surface area contributed by atoms with Gasteiger partial charge in [0, 0.05) is 53.0 Å². The maximum absolute atomic E-state index is 9.31. The summed E-state index contributed by atoms with van der Waals surface area (Å²) < 4.78 is 8.41. The fraction of sp³-hybridized carbons (Fsp3) is 0.0270. The topological polar surface area (TPSA) is 40.5 Å². The molecule has 8 aromatic rings. The maximum atomic E-state index is 9.31. The number of hydrogen-bond donors (Lipinski definition) is 2. The second-order valence-corrected chi connectivity index (χ2v) is 14.8. The highest BCUT2D eigenvalue weighted by Gasteiger charge is 2.17. The number of rotatable bonds is 2. The van der Waals surface area contributed by atoms with E-state index in [-0.39, 0.29) is 7.43 Å². The van der Waals surface area contributed by atoms with Gasteiger partial charge in [-0.25, -0.2) is 0 Å². The number of benzene rings is 6. The average molecular weight is 866 g/mol. The van der Waals surface area contributed by atoms with Gasteiger partial charge >= 0.3 is 7.12 Å². The Morgan fingerprint density at radius 3 is 1.53 bits per heavy atom. The Hall–Kier alpha value is -2.57. The lowest BCUT2D eigenvalue weighted by Crippen LogP contribution is -2.29. The third kappa shape index (κ3) is 7.38.